The summed E-state index contributed by atoms with van der Waals surface area (Å²) in [5.74, 6) is 0.206. The Labute approximate surface area is 225 Å². The Hall–Kier alpha value is -3.14. The van der Waals surface area contributed by atoms with Crippen LogP contribution in [0.25, 0.3) is 0 Å². The number of para-hydroxylation sites is 1. The van der Waals surface area contributed by atoms with Gasteiger partial charge in [-0.15, -0.1) is 0 Å². The lowest BCUT2D eigenvalue weighted by Gasteiger charge is -2.34. The Morgan fingerprint density at radius 3 is 2.55 bits per heavy atom. The summed E-state index contributed by atoms with van der Waals surface area (Å²) >= 11 is 0. The monoisotopic (exact) mass is 526 g/mol. The number of amides is 3. The molecule has 38 heavy (non-hydrogen) atoms. The van der Waals surface area contributed by atoms with E-state index in [4.69, 9.17) is 9.47 Å². The molecule has 9 heteroatoms. The Morgan fingerprint density at radius 1 is 1.11 bits per heavy atom. The molecule has 3 amide bonds. The van der Waals surface area contributed by atoms with E-state index in [0.29, 0.717) is 42.4 Å². The van der Waals surface area contributed by atoms with Gasteiger partial charge in [-0.2, -0.15) is 0 Å². The van der Waals surface area contributed by atoms with Crippen LogP contribution in [-0.4, -0.2) is 73.5 Å². The average molecular weight is 527 g/mol. The first-order valence-electron chi connectivity index (χ1n) is 13.4. The van der Waals surface area contributed by atoms with Crippen LogP contribution >= 0.6 is 0 Å². The van der Waals surface area contributed by atoms with E-state index < -0.39 is 12.1 Å². The SMILES string of the molecule is CNC[C@@H]1OCCCC[C@H](C)Oc2ccc(NC(=O)Nc3ccccc3)cc2C(=O)N([C@H](C)CO)C[C@H]1C. The lowest BCUT2D eigenvalue weighted by molar-refractivity contribution is -0.000450. The van der Waals surface area contributed by atoms with Gasteiger partial charge in [0.15, 0.2) is 0 Å². The number of ether oxygens (including phenoxy) is 2. The second kappa shape index (κ2) is 14.7. The van der Waals surface area contributed by atoms with Crippen LogP contribution in [0.4, 0.5) is 16.2 Å². The predicted octanol–water partition coefficient (Wildman–Crippen LogP) is 4.35. The van der Waals surface area contributed by atoms with Gasteiger partial charge in [0, 0.05) is 37.0 Å². The average Bonchev–Trinajstić information content (AvgIpc) is 2.90. The fourth-order valence-electron chi connectivity index (χ4n) is 4.51. The van der Waals surface area contributed by atoms with Crippen molar-refractivity contribution in [3.8, 4) is 5.75 Å². The van der Waals surface area contributed by atoms with E-state index in [0.717, 1.165) is 19.3 Å². The van der Waals surface area contributed by atoms with Crippen molar-refractivity contribution in [2.24, 2.45) is 5.92 Å². The van der Waals surface area contributed by atoms with Gasteiger partial charge in [0.2, 0.25) is 0 Å². The van der Waals surface area contributed by atoms with Gasteiger partial charge in [-0.3, -0.25) is 4.79 Å². The first kappa shape index (κ1) is 29.4. The van der Waals surface area contributed by atoms with E-state index in [9.17, 15) is 14.7 Å². The summed E-state index contributed by atoms with van der Waals surface area (Å²) in [5, 5.41) is 18.8. The van der Waals surface area contributed by atoms with Crippen LogP contribution in [0.15, 0.2) is 48.5 Å². The van der Waals surface area contributed by atoms with Gasteiger partial charge < -0.3 is 35.4 Å². The van der Waals surface area contributed by atoms with Gasteiger partial charge in [0.05, 0.1) is 30.4 Å². The van der Waals surface area contributed by atoms with Crippen LogP contribution in [-0.2, 0) is 4.74 Å². The smallest absolute Gasteiger partial charge is 0.323 e. The van der Waals surface area contributed by atoms with Crippen molar-refractivity contribution in [1.29, 1.82) is 0 Å². The topological polar surface area (TPSA) is 112 Å². The molecule has 4 N–H and O–H groups in total. The maximum atomic E-state index is 14.0. The zero-order valence-corrected chi connectivity index (χ0v) is 22.9. The van der Waals surface area contributed by atoms with Gasteiger partial charge in [-0.05, 0) is 70.5 Å². The first-order chi connectivity index (χ1) is 18.3. The normalized spacial score (nSPS) is 22.0. The summed E-state index contributed by atoms with van der Waals surface area (Å²) < 4.78 is 12.4. The highest BCUT2D eigenvalue weighted by Crippen LogP contribution is 2.28. The number of anilines is 2. The molecule has 0 unspecified atom stereocenters. The molecule has 0 saturated carbocycles. The summed E-state index contributed by atoms with van der Waals surface area (Å²) in [5.41, 5.74) is 1.46. The van der Waals surface area contributed by atoms with Crippen LogP contribution in [0.2, 0.25) is 0 Å². The number of likely N-dealkylation sites (N-methyl/N-ethyl adjacent to an activating group) is 1. The van der Waals surface area contributed by atoms with E-state index in [1.165, 1.54) is 0 Å². The highest BCUT2D eigenvalue weighted by atomic mass is 16.5. The third-order valence-corrected chi connectivity index (χ3v) is 6.75. The van der Waals surface area contributed by atoms with E-state index >= 15 is 0 Å². The summed E-state index contributed by atoms with van der Waals surface area (Å²) in [6, 6.07) is 13.4. The number of fused-ring (bicyclic) bond motifs is 1. The quantitative estimate of drug-likeness (QED) is 0.445. The molecule has 1 aliphatic rings. The Kier molecular flexibility index (Phi) is 11.4. The number of carbonyl (C=O) groups excluding carboxylic acids is 2. The second-order valence-corrected chi connectivity index (χ2v) is 10.0. The molecule has 4 atom stereocenters. The molecule has 2 aromatic rings. The van der Waals surface area contributed by atoms with Crippen molar-refractivity contribution in [2.45, 2.75) is 58.3 Å². The number of benzene rings is 2. The van der Waals surface area contributed by atoms with E-state index in [-0.39, 0.29) is 30.6 Å². The molecule has 0 fully saturated rings. The number of aliphatic hydroxyl groups excluding tert-OH is 1. The van der Waals surface area contributed by atoms with Crippen LogP contribution in [0.3, 0.4) is 0 Å². The summed E-state index contributed by atoms with van der Waals surface area (Å²) in [7, 11) is 1.89. The van der Waals surface area contributed by atoms with E-state index in [1.807, 2.05) is 39.1 Å². The minimum atomic E-state index is -0.420. The van der Waals surface area contributed by atoms with Gasteiger partial charge in [0.25, 0.3) is 5.91 Å². The molecule has 208 valence electrons. The molecule has 0 aliphatic carbocycles. The molecule has 0 bridgehead atoms. The van der Waals surface area contributed by atoms with Crippen LogP contribution in [0.5, 0.6) is 5.75 Å². The number of rotatable bonds is 6. The van der Waals surface area contributed by atoms with Crippen molar-refractivity contribution < 1.29 is 24.2 Å². The number of carbonyl (C=O) groups is 2. The van der Waals surface area contributed by atoms with Gasteiger partial charge in [0.1, 0.15) is 5.75 Å². The molecule has 1 heterocycles. The third kappa shape index (κ3) is 8.44. The molecule has 2 aromatic carbocycles. The Balaban J connectivity index is 1.93. The number of urea groups is 1. The number of hydrogen-bond acceptors (Lipinski definition) is 6. The van der Waals surface area contributed by atoms with Gasteiger partial charge in [-0.1, -0.05) is 25.1 Å². The van der Waals surface area contributed by atoms with Crippen molar-refractivity contribution in [1.82, 2.24) is 10.2 Å². The zero-order valence-electron chi connectivity index (χ0n) is 22.9. The van der Waals surface area contributed by atoms with Crippen molar-refractivity contribution in [2.75, 3.05) is 44.0 Å². The first-order valence-corrected chi connectivity index (χ1v) is 13.4. The minimum Gasteiger partial charge on any atom is -0.490 e. The van der Waals surface area contributed by atoms with Crippen molar-refractivity contribution in [3.63, 3.8) is 0 Å². The highest BCUT2D eigenvalue weighted by Gasteiger charge is 2.29. The standard InChI is InChI=1S/C29H42N4O5/c1-20-18-33(21(2)19-34)28(35)25-16-24(32-29(36)31-23-11-6-5-7-12-23)13-14-26(25)38-22(3)10-8-9-15-37-27(20)17-30-4/h5-7,11-14,16,20-22,27,30,34H,8-10,15,17-19H2,1-4H3,(H2,31,32,36)/t20-,21-,22+,27+/m1/s1. The third-order valence-electron chi connectivity index (χ3n) is 6.75. The molecule has 0 spiro atoms. The van der Waals surface area contributed by atoms with E-state index in [1.54, 1.807) is 35.2 Å². The maximum Gasteiger partial charge on any atom is 0.323 e. The number of nitrogens with zero attached hydrogens (tertiary/aromatic N) is 1. The lowest BCUT2D eigenvalue weighted by atomic mass is 10.0. The molecule has 3 rings (SSSR count). The summed E-state index contributed by atoms with van der Waals surface area (Å²) in [4.78, 5) is 28.3. The fourth-order valence-corrected chi connectivity index (χ4v) is 4.51. The number of nitrogens with one attached hydrogen (secondary N) is 3. The molecular weight excluding hydrogens is 484 g/mol. The largest absolute Gasteiger partial charge is 0.490 e. The van der Waals surface area contributed by atoms with Gasteiger partial charge >= 0.3 is 6.03 Å². The van der Waals surface area contributed by atoms with Crippen molar-refractivity contribution in [3.05, 3.63) is 54.1 Å². The van der Waals surface area contributed by atoms with Crippen molar-refractivity contribution >= 4 is 23.3 Å². The summed E-state index contributed by atoms with van der Waals surface area (Å²) in [6.45, 7) is 7.39. The van der Waals surface area contributed by atoms with Crippen LogP contribution < -0.4 is 20.7 Å². The van der Waals surface area contributed by atoms with Gasteiger partial charge in [-0.25, -0.2) is 4.79 Å². The molecule has 9 nitrogen and oxygen atoms in total. The molecule has 0 saturated heterocycles. The van der Waals surface area contributed by atoms with Crippen LogP contribution in [0.1, 0.15) is 50.4 Å². The fraction of sp³-hybridized carbons (Fsp3) is 0.517. The molecule has 0 aromatic heterocycles. The number of aliphatic hydroxyl groups is 1. The number of hydrogen-bond donors (Lipinski definition) is 4. The maximum absolute atomic E-state index is 14.0. The van der Waals surface area contributed by atoms with Crippen LogP contribution in [0, 0.1) is 5.92 Å². The minimum absolute atomic E-state index is 0.0181. The molecule has 1 aliphatic heterocycles. The highest BCUT2D eigenvalue weighted by molar-refractivity contribution is 6.02. The Morgan fingerprint density at radius 2 is 1.84 bits per heavy atom. The molecule has 0 radical (unpaired) electrons. The lowest BCUT2D eigenvalue weighted by Crippen LogP contribution is -2.47. The Bertz CT molecular complexity index is 1030. The van der Waals surface area contributed by atoms with E-state index in [2.05, 4.69) is 22.9 Å². The zero-order chi connectivity index (χ0) is 27.5. The molecular formula is C29H42N4O5. The summed E-state index contributed by atoms with van der Waals surface area (Å²) in [6.07, 6.45) is 2.49. The predicted molar refractivity (Wildman–Crippen MR) is 150 cm³/mol. The second-order valence-electron chi connectivity index (χ2n) is 10.0.